The van der Waals surface area contributed by atoms with Crippen molar-refractivity contribution in [3.8, 4) is 0 Å². The molecular formula is C15H22N2O4. The lowest BCUT2D eigenvalue weighted by Crippen LogP contribution is -2.29. The van der Waals surface area contributed by atoms with Crippen molar-refractivity contribution in [3.05, 3.63) is 35.4 Å². The molecule has 0 saturated heterocycles. The number of rotatable bonds is 9. The first-order chi connectivity index (χ1) is 10.2. The third-order valence-electron chi connectivity index (χ3n) is 2.86. The SMILES string of the molecule is COCCNC(=O)CCNCc1ccc(C(=O)OC)cc1. The molecule has 0 saturated carbocycles. The minimum absolute atomic E-state index is 0.000546. The van der Waals surface area contributed by atoms with Crippen molar-refractivity contribution in [1.29, 1.82) is 0 Å². The number of nitrogens with one attached hydrogen (secondary N) is 2. The Balaban J connectivity index is 2.20. The van der Waals surface area contributed by atoms with Crippen molar-refractivity contribution in [2.24, 2.45) is 0 Å². The number of carbonyl (C=O) groups is 2. The molecule has 2 N–H and O–H groups in total. The van der Waals surface area contributed by atoms with E-state index >= 15 is 0 Å². The Labute approximate surface area is 124 Å². The summed E-state index contributed by atoms with van der Waals surface area (Å²) in [6.07, 6.45) is 0.421. The second-order valence-corrected chi connectivity index (χ2v) is 4.46. The number of methoxy groups -OCH3 is 2. The van der Waals surface area contributed by atoms with E-state index in [9.17, 15) is 9.59 Å². The summed E-state index contributed by atoms with van der Waals surface area (Å²) >= 11 is 0. The van der Waals surface area contributed by atoms with E-state index in [0.29, 0.717) is 38.2 Å². The smallest absolute Gasteiger partial charge is 0.337 e. The van der Waals surface area contributed by atoms with Crippen LogP contribution in [0.15, 0.2) is 24.3 Å². The molecule has 0 aliphatic rings. The average Bonchev–Trinajstić information content (AvgIpc) is 2.51. The second kappa shape index (κ2) is 9.90. The maximum Gasteiger partial charge on any atom is 0.337 e. The summed E-state index contributed by atoms with van der Waals surface area (Å²) in [5.41, 5.74) is 1.57. The molecule has 0 heterocycles. The lowest BCUT2D eigenvalue weighted by atomic mass is 10.1. The van der Waals surface area contributed by atoms with Crippen LogP contribution in [0.1, 0.15) is 22.3 Å². The van der Waals surface area contributed by atoms with Gasteiger partial charge in [-0.25, -0.2) is 4.79 Å². The summed E-state index contributed by atoms with van der Waals surface area (Å²) in [6.45, 7) is 2.29. The number of carbonyl (C=O) groups excluding carboxylic acids is 2. The first-order valence-corrected chi connectivity index (χ1v) is 6.81. The summed E-state index contributed by atoms with van der Waals surface area (Å²) in [7, 11) is 2.95. The molecule has 21 heavy (non-hydrogen) atoms. The van der Waals surface area contributed by atoms with Crippen molar-refractivity contribution in [1.82, 2.24) is 10.6 Å². The standard InChI is InChI=1S/C15H22N2O4/c1-20-10-9-17-14(18)7-8-16-11-12-3-5-13(6-4-12)15(19)21-2/h3-6,16H,7-11H2,1-2H3,(H,17,18). The molecule has 0 radical (unpaired) electrons. The lowest BCUT2D eigenvalue weighted by Gasteiger charge is -2.07. The predicted octanol–water partition coefficient (Wildman–Crippen LogP) is 0.715. The molecule has 1 amide bonds. The average molecular weight is 294 g/mol. The molecule has 1 aromatic rings. The van der Waals surface area contributed by atoms with Gasteiger partial charge < -0.3 is 20.1 Å². The van der Waals surface area contributed by atoms with E-state index in [-0.39, 0.29) is 11.9 Å². The van der Waals surface area contributed by atoms with Crippen LogP contribution in [0.3, 0.4) is 0 Å². The predicted molar refractivity (Wildman–Crippen MR) is 79.0 cm³/mol. The van der Waals surface area contributed by atoms with Gasteiger partial charge in [-0.15, -0.1) is 0 Å². The highest BCUT2D eigenvalue weighted by Crippen LogP contribution is 2.05. The summed E-state index contributed by atoms with van der Waals surface area (Å²) < 4.78 is 9.48. The summed E-state index contributed by atoms with van der Waals surface area (Å²) in [5, 5.41) is 5.93. The van der Waals surface area contributed by atoms with Crippen molar-refractivity contribution < 1.29 is 19.1 Å². The topological polar surface area (TPSA) is 76.7 Å². The van der Waals surface area contributed by atoms with Crippen LogP contribution in [0, 0.1) is 0 Å². The van der Waals surface area contributed by atoms with E-state index in [1.165, 1.54) is 7.11 Å². The number of amides is 1. The number of hydrogen-bond acceptors (Lipinski definition) is 5. The summed E-state index contributed by atoms with van der Waals surface area (Å²) in [4.78, 5) is 22.7. The van der Waals surface area contributed by atoms with Crippen molar-refractivity contribution in [2.75, 3.05) is 33.9 Å². The van der Waals surface area contributed by atoms with Gasteiger partial charge in [-0.05, 0) is 17.7 Å². The van der Waals surface area contributed by atoms with Crippen molar-refractivity contribution in [2.45, 2.75) is 13.0 Å². The van der Waals surface area contributed by atoms with Gasteiger partial charge >= 0.3 is 5.97 Å². The highest BCUT2D eigenvalue weighted by atomic mass is 16.5. The van der Waals surface area contributed by atoms with Crippen LogP contribution in [0.5, 0.6) is 0 Å². The van der Waals surface area contributed by atoms with Crippen molar-refractivity contribution >= 4 is 11.9 Å². The monoisotopic (exact) mass is 294 g/mol. The zero-order valence-corrected chi connectivity index (χ0v) is 12.5. The zero-order chi connectivity index (χ0) is 15.5. The summed E-state index contributed by atoms with van der Waals surface area (Å²) in [5.74, 6) is -0.345. The van der Waals surface area contributed by atoms with E-state index < -0.39 is 0 Å². The molecule has 6 nitrogen and oxygen atoms in total. The lowest BCUT2D eigenvalue weighted by molar-refractivity contribution is -0.121. The molecule has 0 atom stereocenters. The number of ether oxygens (including phenoxy) is 2. The number of esters is 1. The fourth-order valence-corrected chi connectivity index (χ4v) is 1.69. The molecule has 0 spiro atoms. The largest absolute Gasteiger partial charge is 0.465 e. The second-order valence-electron chi connectivity index (χ2n) is 4.46. The van der Waals surface area contributed by atoms with Crippen LogP contribution >= 0.6 is 0 Å². The van der Waals surface area contributed by atoms with Crippen LogP contribution < -0.4 is 10.6 Å². The van der Waals surface area contributed by atoms with Gasteiger partial charge in [0.2, 0.25) is 5.91 Å². The Bertz CT molecular complexity index is 445. The Morgan fingerprint density at radius 3 is 2.43 bits per heavy atom. The van der Waals surface area contributed by atoms with Crippen LogP contribution in [0.4, 0.5) is 0 Å². The molecule has 1 rings (SSSR count). The van der Waals surface area contributed by atoms with Gasteiger partial charge in [0, 0.05) is 33.2 Å². The normalized spacial score (nSPS) is 10.2. The van der Waals surface area contributed by atoms with E-state index in [2.05, 4.69) is 15.4 Å². The Kier molecular flexibility index (Phi) is 8.08. The van der Waals surface area contributed by atoms with E-state index in [1.807, 2.05) is 12.1 Å². The molecular weight excluding hydrogens is 272 g/mol. The van der Waals surface area contributed by atoms with E-state index in [0.717, 1.165) is 5.56 Å². The number of benzene rings is 1. The van der Waals surface area contributed by atoms with Gasteiger partial charge in [0.05, 0.1) is 19.3 Å². The molecule has 0 fully saturated rings. The first kappa shape index (κ1) is 17.1. The molecule has 0 aliphatic carbocycles. The summed E-state index contributed by atoms with van der Waals surface area (Å²) in [6, 6.07) is 7.16. The molecule has 1 aromatic carbocycles. The quantitative estimate of drug-likeness (QED) is 0.518. The Morgan fingerprint density at radius 1 is 1.10 bits per heavy atom. The van der Waals surface area contributed by atoms with Gasteiger partial charge in [0.25, 0.3) is 0 Å². The third-order valence-corrected chi connectivity index (χ3v) is 2.86. The van der Waals surface area contributed by atoms with Crippen LogP contribution in [0.2, 0.25) is 0 Å². The molecule has 0 unspecified atom stereocenters. The van der Waals surface area contributed by atoms with Crippen LogP contribution in [0.25, 0.3) is 0 Å². The van der Waals surface area contributed by atoms with Crippen LogP contribution in [-0.2, 0) is 20.8 Å². The maximum atomic E-state index is 11.4. The van der Waals surface area contributed by atoms with E-state index in [1.54, 1.807) is 19.2 Å². The Morgan fingerprint density at radius 2 is 1.81 bits per heavy atom. The van der Waals surface area contributed by atoms with Gasteiger partial charge in [0.15, 0.2) is 0 Å². The van der Waals surface area contributed by atoms with Gasteiger partial charge in [-0.1, -0.05) is 12.1 Å². The maximum absolute atomic E-state index is 11.4. The molecule has 116 valence electrons. The minimum Gasteiger partial charge on any atom is -0.465 e. The number of hydrogen-bond donors (Lipinski definition) is 2. The first-order valence-electron chi connectivity index (χ1n) is 6.81. The zero-order valence-electron chi connectivity index (χ0n) is 12.5. The van der Waals surface area contributed by atoms with Gasteiger partial charge in [-0.3, -0.25) is 4.79 Å². The van der Waals surface area contributed by atoms with Crippen LogP contribution in [-0.4, -0.2) is 45.8 Å². The van der Waals surface area contributed by atoms with Gasteiger partial charge in [-0.2, -0.15) is 0 Å². The molecule has 0 aromatic heterocycles. The van der Waals surface area contributed by atoms with E-state index in [4.69, 9.17) is 4.74 Å². The highest BCUT2D eigenvalue weighted by Gasteiger charge is 2.04. The third kappa shape index (κ3) is 6.87. The minimum atomic E-state index is -0.345. The molecule has 6 heteroatoms. The fourth-order valence-electron chi connectivity index (χ4n) is 1.69. The highest BCUT2D eigenvalue weighted by molar-refractivity contribution is 5.89. The molecule has 0 aliphatic heterocycles. The molecule has 0 bridgehead atoms. The Hall–Kier alpha value is -1.92. The fraction of sp³-hybridized carbons (Fsp3) is 0.467. The van der Waals surface area contributed by atoms with Crippen molar-refractivity contribution in [3.63, 3.8) is 0 Å². The van der Waals surface area contributed by atoms with Gasteiger partial charge in [0.1, 0.15) is 0 Å².